The molecule has 110 valence electrons. The molecule has 1 aromatic rings. The third-order valence-electron chi connectivity index (χ3n) is 3.97. The summed E-state index contributed by atoms with van der Waals surface area (Å²) in [5.74, 6) is 0.371. The summed E-state index contributed by atoms with van der Waals surface area (Å²) in [6, 6.07) is 6.42. The lowest BCUT2D eigenvalue weighted by molar-refractivity contribution is -0.121. The topological polar surface area (TPSA) is 87.3 Å². The van der Waals surface area contributed by atoms with E-state index in [2.05, 4.69) is 22.9 Å². The molecule has 0 bridgehead atoms. The van der Waals surface area contributed by atoms with Crippen molar-refractivity contribution < 1.29 is 14.4 Å². The first-order chi connectivity index (χ1) is 10.0. The summed E-state index contributed by atoms with van der Waals surface area (Å²) >= 11 is 0. The molecule has 3 unspecified atom stereocenters. The lowest BCUT2D eigenvalue weighted by Gasteiger charge is -2.23. The fourth-order valence-corrected chi connectivity index (χ4v) is 2.53. The van der Waals surface area contributed by atoms with Crippen LogP contribution in [0.3, 0.4) is 0 Å². The van der Waals surface area contributed by atoms with Gasteiger partial charge in [0.1, 0.15) is 0 Å². The monoisotopic (exact) mass is 287 g/mol. The lowest BCUT2D eigenvalue weighted by atomic mass is 10.0. The van der Waals surface area contributed by atoms with Gasteiger partial charge in [0.2, 0.25) is 11.8 Å². The quantitative estimate of drug-likeness (QED) is 0.788. The SMILES string of the molecule is CC1CC1C(=O)Nc1ccc(C2CC(=O)NC(=O)N2)cc1. The first-order valence-corrected chi connectivity index (χ1v) is 7.04. The van der Waals surface area contributed by atoms with Crippen molar-refractivity contribution in [1.29, 1.82) is 0 Å². The van der Waals surface area contributed by atoms with Crippen LogP contribution >= 0.6 is 0 Å². The standard InChI is InChI=1S/C15H17N3O3/c1-8-6-11(8)14(20)16-10-4-2-9(3-5-10)12-7-13(19)18-15(21)17-12/h2-5,8,11-12H,6-7H2,1H3,(H,16,20)(H2,17,18,19,21). The van der Waals surface area contributed by atoms with Gasteiger partial charge in [0.15, 0.2) is 0 Å². The number of imide groups is 1. The van der Waals surface area contributed by atoms with E-state index in [9.17, 15) is 14.4 Å². The van der Waals surface area contributed by atoms with Gasteiger partial charge < -0.3 is 10.6 Å². The van der Waals surface area contributed by atoms with Gasteiger partial charge in [-0.05, 0) is 30.0 Å². The van der Waals surface area contributed by atoms with Crippen molar-refractivity contribution in [2.24, 2.45) is 11.8 Å². The molecule has 2 fully saturated rings. The Bertz CT molecular complexity index is 581. The van der Waals surface area contributed by atoms with Gasteiger partial charge in [0, 0.05) is 11.6 Å². The summed E-state index contributed by atoms with van der Waals surface area (Å²) in [5, 5.41) is 7.77. The fraction of sp³-hybridized carbons (Fsp3) is 0.400. The minimum Gasteiger partial charge on any atom is -0.330 e. The Hall–Kier alpha value is -2.37. The maximum absolute atomic E-state index is 11.8. The van der Waals surface area contributed by atoms with Crippen molar-refractivity contribution in [2.75, 3.05) is 5.32 Å². The molecule has 1 aliphatic heterocycles. The molecule has 1 aromatic carbocycles. The zero-order chi connectivity index (χ0) is 15.0. The van der Waals surface area contributed by atoms with Gasteiger partial charge in [-0.15, -0.1) is 0 Å². The molecule has 0 spiro atoms. The molecule has 0 radical (unpaired) electrons. The molecule has 3 rings (SSSR count). The highest BCUT2D eigenvalue weighted by Gasteiger charge is 2.39. The molecule has 0 aromatic heterocycles. The predicted molar refractivity (Wildman–Crippen MR) is 76.4 cm³/mol. The van der Waals surface area contributed by atoms with Crippen molar-refractivity contribution in [3.05, 3.63) is 29.8 Å². The summed E-state index contributed by atoms with van der Waals surface area (Å²) in [7, 11) is 0. The number of carbonyl (C=O) groups is 3. The number of anilines is 1. The first kappa shape index (κ1) is 13.6. The van der Waals surface area contributed by atoms with E-state index >= 15 is 0 Å². The number of hydrogen-bond donors (Lipinski definition) is 3. The molecule has 4 amide bonds. The molecule has 1 heterocycles. The lowest BCUT2D eigenvalue weighted by Crippen LogP contribution is -2.48. The van der Waals surface area contributed by atoms with Crippen LogP contribution in [0.1, 0.15) is 31.4 Å². The molecule has 1 aliphatic carbocycles. The van der Waals surface area contributed by atoms with Crippen LogP contribution in [-0.4, -0.2) is 17.8 Å². The zero-order valence-electron chi connectivity index (χ0n) is 11.7. The molecule has 2 aliphatic rings. The first-order valence-electron chi connectivity index (χ1n) is 7.04. The van der Waals surface area contributed by atoms with Gasteiger partial charge in [0.05, 0.1) is 12.5 Å². The Morgan fingerprint density at radius 1 is 1.24 bits per heavy atom. The van der Waals surface area contributed by atoms with E-state index in [1.54, 1.807) is 12.1 Å². The van der Waals surface area contributed by atoms with Crippen LogP contribution in [0, 0.1) is 11.8 Å². The van der Waals surface area contributed by atoms with Crippen LogP contribution in [0.2, 0.25) is 0 Å². The van der Waals surface area contributed by atoms with Gasteiger partial charge in [-0.25, -0.2) is 4.79 Å². The summed E-state index contributed by atoms with van der Waals surface area (Å²) in [6.07, 6.45) is 1.17. The molecule has 1 saturated carbocycles. The normalized spacial score (nSPS) is 27.6. The fourth-order valence-electron chi connectivity index (χ4n) is 2.53. The highest BCUT2D eigenvalue weighted by molar-refractivity contribution is 5.97. The average Bonchev–Trinajstić information content (AvgIpc) is 3.16. The largest absolute Gasteiger partial charge is 0.330 e. The van der Waals surface area contributed by atoms with Crippen LogP contribution in [-0.2, 0) is 9.59 Å². The third kappa shape index (κ3) is 3.04. The highest BCUT2D eigenvalue weighted by Crippen LogP contribution is 2.38. The van der Waals surface area contributed by atoms with Crippen molar-refractivity contribution >= 4 is 23.5 Å². The Morgan fingerprint density at radius 2 is 1.90 bits per heavy atom. The smallest absolute Gasteiger partial charge is 0.321 e. The molecule has 6 heteroatoms. The maximum atomic E-state index is 11.8. The van der Waals surface area contributed by atoms with Crippen molar-refractivity contribution in [3.63, 3.8) is 0 Å². The second-order valence-electron chi connectivity index (χ2n) is 5.71. The van der Waals surface area contributed by atoms with Crippen LogP contribution < -0.4 is 16.0 Å². The van der Waals surface area contributed by atoms with Gasteiger partial charge >= 0.3 is 6.03 Å². The van der Waals surface area contributed by atoms with Gasteiger partial charge in [-0.1, -0.05) is 19.1 Å². The van der Waals surface area contributed by atoms with Gasteiger partial charge in [0.25, 0.3) is 0 Å². The molecule has 21 heavy (non-hydrogen) atoms. The predicted octanol–water partition coefficient (Wildman–Crippen LogP) is 1.55. The number of urea groups is 1. The number of benzene rings is 1. The number of rotatable bonds is 3. The Labute approximate surface area is 122 Å². The minimum absolute atomic E-state index is 0.0561. The van der Waals surface area contributed by atoms with E-state index in [-0.39, 0.29) is 30.2 Å². The number of carbonyl (C=O) groups excluding carboxylic acids is 3. The van der Waals surface area contributed by atoms with Crippen LogP contribution in [0.25, 0.3) is 0 Å². The second-order valence-corrected chi connectivity index (χ2v) is 5.71. The van der Waals surface area contributed by atoms with Crippen molar-refractivity contribution in [1.82, 2.24) is 10.6 Å². The zero-order valence-corrected chi connectivity index (χ0v) is 11.7. The van der Waals surface area contributed by atoms with Crippen molar-refractivity contribution in [2.45, 2.75) is 25.8 Å². The van der Waals surface area contributed by atoms with E-state index < -0.39 is 6.03 Å². The summed E-state index contributed by atoms with van der Waals surface area (Å²) < 4.78 is 0. The third-order valence-corrected chi connectivity index (χ3v) is 3.97. The van der Waals surface area contributed by atoms with Crippen LogP contribution in [0.5, 0.6) is 0 Å². The average molecular weight is 287 g/mol. The van der Waals surface area contributed by atoms with E-state index in [1.807, 2.05) is 12.1 Å². The molecular weight excluding hydrogens is 270 g/mol. The van der Waals surface area contributed by atoms with Crippen LogP contribution in [0.15, 0.2) is 24.3 Å². The van der Waals surface area contributed by atoms with E-state index in [4.69, 9.17) is 0 Å². The van der Waals surface area contributed by atoms with Crippen molar-refractivity contribution in [3.8, 4) is 0 Å². The van der Waals surface area contributed by atoms with Gasteiger partial charge in [-0.2, -0.15) is 0 Å². The molecule has 3 N–H and O–H groups in total. The molecule has 6 nitrogen and oxygen atoms in total. The van der Waals surface area contributed by atoms with Gasteiger partial charge in [-0.3, -0.25) is 14.9 Å². The number of nitrogens with one attached hydrogen (secondary N) is 3. The second kappa shape index (κ2) is 5.20. The highest BCUT2D eigenvalue weighted by atomic mass is 16.2. The molecular formula is C15H17N3O3. The molecule has 1 saturated heterocycles. The summed E-state index contributed by atoms with van der Waals surface area (Å²) in [6.45, 7) is 2.06. The Kier molecular flexibility index (Phi) is 3.37. The maximum Gasteiger partial charge on any atom is 0.321 e. The Morgan fingerprint density at radius 3 is 2.48 bits per heavy atom. The summed E-state index contributed by atoms with van der Waals surface area (Å²) in [4.78, 5) is 34.5. The number of hydrogen-bond acceptors (Lipinski definition) is 3. The number of amides is 4. The minimum atomic E-state index is -0.476. The van der Waals surface area contributed by atoms with Crippen LogP contribution in [0.4, 0.5) is 10.5 Å². The summed E-state index contributed by atoms with van der Waals surface area (Å²) in [5.41, 5.74) is 1.57. The molecule has 3 atom stereocenters. The van der Waals surface area contributed by atoms with E-state index in [0.717, 1.165) is 17.7 Å². The van der Waals surface area contributed by atoms with E-state index in [0.29, 0.717) is 5.92 Å². The van der Waals surface area contributed by atoms with E-state index in [1.165, 1.54) is 0 Å². The Balaban J connectivity index is 1.65.